The molecule has 4 nitrogen and oxygen atoms in total. The molecule has 0 aliphatic heterocycles. The van der Waals surface area contributed by atoms with E-state index in [1.54, 1.807) is 11.8 Å². The van der Waals surface area contributed by atoms with Crippen molar-refractivity contribution < 1.29 is 9.94 Å². The molecular formula is C15H22N2O2S. The molecule has 1 saturated carbocycles. The van der Waals surface area contributed by atoms with Crippen LogP contribution in [0.3, 0.4) is 0 Å². The van der Waals surface area contributed by atoms with Crippen LogP contribution in [0.15, 0.2) is 28.3 Å². The maximum atomic E-state index is 8.99. The van der Waals surface area contributed by atoms with Gasteiger partial charge in [-0.05, 0) is 43.6 Å². The largest absolute Gasteiger partial charge is 0.489 e. The minimum absolute atomic E-state index is 0.105. The molecule has 0 bridgehead atoms. The summed E-state index contributed by atoms with van der Waals surface area (Å²) >= 11 is 1.56. The predicted octanol–water partition coefficient (Wildman–Crippen LogP) is 3.46. The van der Waals surface area contributed by atoms with Gasteiger partial charge in [-0.1, -0.05) is 24.6 Å². The van der Waals surface area contributed by atoms with E-state index in [2.05, 4.69) is 12.1 Å². The van der Waals surface area contributed by atoms with Gasteiger partial charge in [-0.2, -0.15) is 0 Å². The monoisotopic (exact) mass is 294 g/mol. The highest BCUT2D eigenvalue weighted by Crippen LogP contribution is 2.33. The summed E-state index contributed by atoms with van der Waals surface area (Å²) in [6, 6.07) is 5.80. The molecule has 1 aromatic rings. The molecule has 1 aliphatic rings. The third kappa shape index (κ3) is 3.20. The maximum Gasteiger partial charge on any atom is 0.174 e. The second-order valence-corrected chi connectivity index (χ2v) is 6.08. The Hall–Kier alpha value is -1.36. The summed E-state index contributed by atoms with van der Waals surface area (Å²) in [4.78, 5) is 0.960. The van der Waals surface area contributed by atoms with Crippen LogP contribution in [0.25, 0.3) is 0 Å². The number of hydrogen-bond donors (Lipinski definition) is 2. The molecule has 3 N–H and O–H groups in total. The average Bonchev–Trinajstić information content (AvgIpc) is 2.48. The van der Waals surface area contributed by atoms with Gasteiger partial charge in [0.1, 0.15) is 11.9 Å². The molecule has 0 aromatic heterocycles. The Bertz CT molecular complexity index is 491. The molecule has 1 fully saturated rings. The van der Waals surface area contributed by atoms with Crippen LogP contribution in [-0.4, -0.2) is 23.4 Å². The van der Waals surface area contributed by atoms with E-state index in [-0.39, 0.29) is 11.9 Å². The smallest absolute Gasteiger partial charge is 0.174 e. The standard InChI is InChI=1S/C15H22N2O2S/c1-10-6-3-4-7-11(10)19-12-8-5-9-13(20-2)14(12)15(16)17-18/h5,8-11,18H,3-4,6-7H2,1-2H3,(H2,16,17). The summed E-state index contributed by atoms with van der Waals surface area (Å²) < 4.78 is 6.18. The van der Waals surface area contributed by atoms with Crippen LogP contribution in [0.5, 0.6) is 5.75 Å². The molecule has 5 heteroatoms. The Balaban J connectivity index is 2.31. The van der Waals surface area contributed by atoms with Gasteiger partial charge in [0.15, 0.2) is 5.84 Å². The van der Waals surface area contributed by atoms with E-state index in [9.17, 15) is 0 Å². The quantitative estimate of drug-likeness (QED) is 0.293. The van der Waals surface area contributed by atoms with Crippen molar-refractivity contribution in [2.24, 2.45) is 16.8 Å². The summed E-state index contributed by atoms with van der Waals surface area (Å²) in [6.45, 7) is 2.23. The van der Waals surface area contributed by atoms with Crippen LogP contribution >= 0.6 is 11.8 Å². The number of benzene rings is 1. The fourth-order valence-electron chi connectivity index (χ4n) is 2.70. The summed E-state index contributed by atoms with van der Waals surface area (Å²) in [5, 5.41) is 12.1. The second-order valence-electron chi connectivity index (χ2n) is 5.24. The highest BCUT2D eigenvalue weighted by atomic mass is 32.2. The van der Waals surface area contributed by atoms with Crippen molar-refractivity contribution in [1.29, 1.82) is 0 Å². The fraction of sp³-hybridized carbons (Fsp3) is 0.533. The zero-order valence-corrected chi connectivity index (χ0v) is 12.8. The minimum atomic E-state index is 0.105. The first-order valence-electron chi connectivity index (χ1n) is 6.99. The Morgan fingerprint density at radius 2 is 2.15 bits per heavy atom. The van der Waals surface area contributed by atoms with Gasteiger partial charge in [0.2, 0.25) is 0 Å². The van der Waals surface area contributed by atoms with E-state index >= 15 is 0 Å². The SMILES string of the molecule is CSc1cccc(OC2CCCCC2C)c1/C(N)=N/O. The number of nitrogens with two attached hydrogens (primary N) is 1. The predicted molar refractivity (Wildman–Crippen MR) is 82.8 cm³/mol. The fourth-order valence-corrected chi connectivity index (χ4v) is 3.33. The van der Waals surface area contributed by atoms with Crippen LogP contribution in [0.2, 0.25) is 0 Å². The summed E-state index contributed by atoms with van der Waals surface area (Å²) in [6.07, 6.45) is 6.93. The molecule has 110 valence electrons. The average molecular weight is 294 g/mol. The zero-order valence-electron chi connectivity index (χ0n) is 12.0. The Labute approximate surface area is 124 Å². The van der Waals surface area contributed by atoms with E-state index < -0.39 is 0 Å². The van der Waals surface area contributed by atoms with E-state index in [0.717, 1.165) is 11.3 Å². The number of nitrogens with zero attached hydrogens (tertiary/aromatic N) is 1. The molecule has 0 amide bonds. The molecule has 2 atom stereocenters. The molecule has 0 saturated heterocycles. The van der Waals surface area contributed by atoms with Gasteiger partial charge in [-0.15, -0.1) is 11.8 Å². The number of amidine groups is 1. The molecule has 1 aromatic carbocycles. The Morgan fingerprint density at radius 3 is 2.80 bits per heavy atom. The number of oxime groups is 1. The highest BCUT2D eigenvalue weighted by molar-refractivity contribution is 7.98. The number of hydrogen-bond acceptors (Lipinski definition) is 4. The van der Waals surface area contributed by atoms with Gasteiger partial charge >= 0.3 is 0 Å². The lowest BCUT2D eigenvalue weighted by Gasteiger charge is -2.30. The van der Waals surface area contributed by atoms with Gasteiger partial charge in [0.05, 0.1) is 5.56 Å². The number of thioether (sulfide) groups is 1. The highest BCUT2D eigenvalue weighted by Gasteiger charge is 2.25. The molecule has 0 radical (unpaired) electrons. The van der Waals surface area contributed by atoms with E-state index in [4.69, 9.17) is 15.7 Å². The van der Waals surface area contributed by atoms with Crippen molar-refractivity contribution >= 4 is 17.6 Å². The molecular weight excluding hydrogens is 272 g/mol. The molecule has 0 heterocycles. The van der Waals surface area contributed by atoms with Crippen molar-refractivity contribution in [1.82, 2.24) is 0 Å². The van der Waals surface area contributed by atoms with Crippen LogP contribution in [0, 0.1) is 5.92 Å². The third-order valence-electron chi connectivity index (χ3n) is 3.88. The molecule has 2 unspecified atom stereocenters. The molecule has 1 aliphatic carbocycles. The Morgan fingerprint density at radius 1 is 1.40 bits per heavy atom. The van der Waals surface area contributed by atoms with Gasteiger partial charge in [0, 0.05) is 4.90 Å². The maximum absolute atomic E-state index is 8.99. The van der Waals surface area contributed by atoms with Crippen LogP contribution in [-0.2, 0) is 0 Å². The lowest BCUT2D eigenvalue weighted by molar-refractivity contribution is 0.102. The van der Waals surface area contributed by atoms with Crippen molar-refractivity contribution in [3.05, 3.63) is 23.8 Å². The van der Waals surface area contributed by atoms with Crippen LogP contribution in [0.1, 0.15) is 38.2 Å². The molecule has 20 heavy (non-hydrogen) atoms. The van der Waals surface area contributed by atoms with E-state index in [1.807, 2.05) is 24.5 Å². The zero-order chi connectivity index (χ0) is 14.5. The Kier molecular flexibility index (Phi) is 5.17. The van der Waals surface area contributed by atoms with Crippen molar-refractivity contribution in [2.45, 2.75) is 43.6 Å². The minimum Gasteiger partial charge on any atom is -0.489 e. The van der Waals surface area contributed by atoms with E-state index in [1.165, 1.54) is 19.3 Å². The topological polar surface area (TPSA) is 67.8 Å². The summed E-state index contributed by atoms with van der Waals surface area (Å²) in [7, 11) is 0. The van der Waals surface area contributed by atoms with Gasteiger partial charge in [-0.25, -0.2) is 0 Å². The van der Waals surface area contributed by atoms with Crippen LogP contribution in [0.4, 0.5) is 0 Å². The van der Waals surface area contributed by atoms with E-state index in [0.29, 0.717) is 17.2 Å². The van der Waals surface area contributed by atoms with Gasteiger partial charge in [0.25, 0.3) is 0 Å². The van der Waals surface area contributed by atoms with Crippen molar-refractivity contribution in [3.8, 4) is 5.75 Å². The van der Waals surface area contributed by atoms with Gasteiger partial charge < -0.3 is 15.7 Å². The lowest BCUT2D eigenvalue weighted by Crippen LogP contribution is -2.29. The van der Waals surface area contributed by atoms with Gasteiger partial charge in [-0.3, -0.25) is 0 Å². The van der Waals surface area contributed by atoms with Crippen molar-refractivity contribution in [2.75, 3.05) is 6.26 Å². The summed E-state index contributed by atoms with van der Waals surface area (Å²) in [5.41, 5.74) is 6.51. The number of ether oxygens (including phenoxy) is 1. The first-order chi connectivity index (χ1) is 9.67. The third-order valence-corrected chi connectivity index (χ3v) is 4.66. The lowest BCUT2D eigenvalue weighted by atomic mass is 9.88. The molecule has 2 rings (SSSR count). The normalized spacial score (nSPS) is 23.6. The molecule has 0 spiro atoms. The second kappa shape index (κ2) is 6.88. The van der Waals surface area contributed by atoms with Crippen molar-refractivity contribution in [3.63, 3.8) is 0 Å². The van der Waals surface area contributed by atoms with Crippen LogP contribution < -0.4 is 10.5 Å². The first-order valence-corrected chi connectivity index (χ1v) is 8.21. The first kappa shape index (κ1) is 15.0. The number of rotatable bonds is 4. The summed E-state index contributed by atoms with van der Waals surface area (Å²) in [5.74, 6) is 1.36.